The van der Waals surface area contributed by atoms with Crippen LogP contribution in [0.15, 0.2) is 47.5 Å². The van der Waals surface area contributed by atoms with Crippen LogP contribution in [-0.2, 0) is 0 Å². The third-order valence-corrected chi connectivity index (χ3v) is 5.31. The van der Waals surface area contributed by atoms with Gasteiger partial charge in [-0.2, -0.15) is 5.10 Å². The number of likely N-dealkylation sites (tertiary alicyclic amines) is 1. The monoisotopic (exact) mass is 380 g/mol. The van der Waals surface area contributed by atoms with Crippen molar-refractivity contribution in [2.75, 3.05) is 26.7 Å². The lowest BCUT2D eigenvalue weighted by molar-refractivity contribution is 0.0641. The zero-order chi connectivity index (χ0) is 19.5. The summed E-state index contributed by atoms with van der Waals surface area (Å²) in [7, 11) is 1.85. The minimum atomic E-state index is -0.109. The Balaban J connectivity index is 1.45. The number of aromatic nitrogens is 4. The molecule has 4 rings (SSSR count). The third kappa shape index (κ3) is 3.68. The fraction of sp³-hybridized carbons (Fsp3) is 0.400. The number of pyridine rings is 1. The quantitative estimate of drug-likeness (QED) is 0.676. The number of carbonyl (C=O) groups excluding carboxylic acids is 1. The van der Waals surface area contributed by atoms with Gasteiger partial charge in [-0.1, -0.05) is 13.0 Å². The van der Waals surface area contributed by atoms with Gasteiger partial charge in [0, 0.05) is 38.6 Å². The second kappa shape index (κ2) is 7.93. The highest BCUT2D eigenvalue weighted by molar-refractivity contribution is 5.92. The van der Waals surface area contributed by atoms with Crippen molar-refractivity contribution in [1.82, 2.24) is 29.5 Å². The first kappa shape index (κ1) is 18.4. The number of hydrogen-bond donors (Lipinski definition) is 0. The molecule has 1 amide bonds. The molecule has 8 heteroatoms. The summed E-state index contributed by atoms with van der Waals surface area (Å²) < 4.78 is 7.20. The van der Waals surface area contributed by atoms with E-state index in [0.29, 0.717) is 23.0 Å². The normalized spacial score (nSPS) is 15.6. The summed E-state index contributed by atoms with van der Waals surface area (Å²) in [5.74, 6) is 0.969. The molecule has 0 bridgehead atoms. The van der Waals surface area contributed by atoms with E-state index >= 15 is 0 Å². The molecular formula is C20H24N6O2. The highest BCUT2D eigenvalue weighted by atomic mass is 16.3. The van der Waals surface area contributed by atoms with Crippen LogP contribution in [0, 0.1) is 0 Å². The Morgan fingerprint density at radius 2 is 2.14 bits per heavy atom. The largest absolute Gasteiger partial charge is 0.444 e. The maximum absolute atomic E-state index is 12.8. The highest BCUT2D eigenvalue weighted by Gasteiger charge is 2.27. The van der Waals surface area contributed by atoms with E-state index in [1.54, 1.807) is 28.2 Å². The summed E-state index contributed by atoms with van der Waals surface area (Å²) in [6.45, 7) is 5.27. The van der Waals surface area contributed by atoms with E-state index < -0.39 is 0 Å². The molecule has 0 aliphatic carbocycles. The zero-order valence-electron chi connectivity index (χ0n) is 16.2. The predicted octanol–water partition coefficient (Wildman–Crippen LogP) is 2.48. The summed E-state index contributed by atoms with van der Waals surface area (Å²) in [5.41, 5.74) is 1.02. The predicted molar refractivity (Wildman–Crippen MR) is 104 cm³/mol. The minimum absolute atomic E-state index is 0.109. The molecule has 28 heavy (non-hydrogen) atoms. The Morgan fingerprint density at radius 1 is 1.32 bits per heavy atom. The molecule has 1 aliphatic heterocycles. The Morgan fingerprint density at radius 3 is 2.86 bits per heavy atom. The molecule has 1 fully saturated rings. The maximum Gasteiger partial charge on any atom is 0.275 e. The average Bonchev–Trinajstić information content (AvgIpc) is 3.43. The van der Waals surface area contributed by atoms with Crippen molar-refractivity contribution in [2.24, 2.45) is 0 Å². The van der Waals surface area contributed by atoms with Crippen molar-refractivity contribution in [3.05, 3.63) is 48.7 Å². The Bertz CT molecular complexity index is 927. The van der Waals surface area contributed by atoms with E-state index in [4.69, 9.17) is 4.42 Å². The average molecular weight is 380 g/mol. The Labute approximate surface area is 163 Å². The van der Waals surface area contributed by atoms with E-state index in [1.165, 1.54) is 6.26 Å². The molecule has 3 aromatic rings. The lowest BCUT2D eigenvalue weighted by atomic mass is 10.0. The second-order valence-corrected chi connectivity index (χ2v) is 6.98. The standard InChI is InChI=1S/C20H24N6O2/c1-3-25-10-7-16(8-11-25)24(2)20(27)17-14-28-19(23-17)15-12-22-26(13-15)18-6-4-5-9-21-18/h4-6,9,12-14,16H,3,7-8,10-11H2,1-2H3. The van der Waals surface area contributed by atoms with Crippen LogP contribution in [0.25, 0.3) is 17.3 Å². The topological polar surface area (TPSA) is 80.3 Å². The first-order valence-corrected chi connectivity index (χ1v) is 9.57. The number of amides is 1. The Hall–Kier alpha value is -3.00. The molecule has 0 N–H and O–H groups in total. The molecule has 0 radical (unpaired) electrons. The first-order chi connectivity index (χ1) is 13.7. The van der Waals surface area contributed by atoms with Crippen molar-refractivity contribution in [3.63, 3.8) is 0 Å². The van der Waals surface area contributed by atoms with Crippen LogP contribution in [0.3, 0.4) is 0 Å². The first-order valence-electron chi connectivity index (χ1n) is 9.57. The summed E-state index contributed by atoms with van der Waals surface area (Å²) in [6.07, 6.45) is 8.54. The molecular weight excluding hydrogens is 356 g/mol. The van der Waals surface area contributed by atoms with Crippen molar-refractivity contribution < 1.29 is 9.21 Å². The molecule has 0 unspecified atom stereocenters. The van der Waals surface area contributed by atoms with Crippen LogP contribution in [0.1, 0.15) is 30.3 Å². The van der Waals surface area contributed by atoms with Gasteiger partial charge in [0.05, 0.1) is 11.8 Å². The molecule has 8 nitrogen and oxygen atoms in total. The van der Waals surface area contributed by atoms with E-state index in [9.17, 15) is 4.79 Å². The molecule has 4 heterocycles. The van der Waals surface area contributed by atoms with Gasteiger partial charge in [0.1, 0.15) is 6.26 Å². The zero-order valence-corrected chi connectivity index (χ0v) is 16.2. The molecule has 146 valence electrons. The molecule has 0 spiro atoms. The number of carbonyl (C=O) groups is 1. The fourth-order valence-corrected chi connectivity index (χ4v) is 3.52. The molecule has 3 aromatic heterocycles. The molecule has 0 aromatic carbocycles. The van der Waals surface area contributed by atoms with E-state index in [-0.39, 0.29) is 11.9 Å². The van der Waals surface area contributed by atoms with Crippen molar-refractivity contribution in [1.29, 1.82) is 0 Å². The number of oxazole rings is 1. The summed E-state index contributed by atoms with van der Waals surface area (Å²) in [5, 5.41) is 4.29. The molecule has 1 saturated heterocycles. The van der Waals surface area contributed by atoms with E-state index in [2.05, 4.69) is 26.9 Å². The lowest BCUT2D eigenvalue weighted by Crippen LogP contribution is -2.45. The van der Waals surface area contributed by atoms with Gasteiger partial charge < -0.3 is 14.2 Å². The van der Waals surface area contributed by atoms with Crippen molar-refractivity contribution in [3.8, 4) is 17.3 Å². The van der Waals surface area contributed by atoms with Crippen LogP contribution < -0.4 is 0 Å². The SMILES string of the molecule is CCN1CCC(N(C)C(=O)c2coc(-c3cnn(-c4ccccn4)c3)n2)CC1. The van der Waals surface area contributed by atoms with Gasteiger partial charge in [-0.05, 0) is 31.5 Å². The fourth-order valence-electron chi connectivity index (χ4n) is 3.52. The smallest absolute Gasteiger partial charge is 0.275 e. The second-order valence-electron chi connectivity index (χ2n) is 6.98. The van der Waals surface area contributed by atoms with Crippen molar-refractivity contribution >= 4 is 5.91 Å². The maximum atomic E-state index is 12.8. The van der Waals surface area contributed by atoms with Crippen LogP contribution in [0.2, 0.25) is 0 Å². The van der Waals surface area contributed by atoms with Gasteiger partial charge in [-0.15, -0.1) is 0 Å². The van der Waals surface area contributed by atoms with Crippen LogP contribution >= 0.6 is 0 Å². The van der Waals surface area contributed by atoms with Gasteiger partial charge >= 0.3 is 0 Å². The van der Waals surface area contributed by atoms with Gasteiger partial charge in [-0.3, -0.25) is 4.79 Å². The minimum Gasteiger partial charge on any atom is -0.444 e. The summed E-state index contributed by atoms with van der Waals surface area (Å²) >= 11 is 0. The van der Waals surface area contributed by atoms with Crippen LogP contribution in [0.5, 0.6) is 0 Å². The molecule has 0 atom stereocenters. The molecule has 1 aliphatic rings. The van der Waals surface area contributed by atoms with Gasteiger partial charge in [0.15, 0.2) is 11.5 Å². The third-order valence-electron chi connectivity index (χ3n) is 5.31. The van der Waals surface area contributed by atoms with E-state index in [1.807, 2.05) is 25.2 Å². The van der Waals surface area contributed by atoms with Crippen LogP contribution in [0.4, 0.5) is 0 Å². The number of hydrogen-bond acceptors (Lipinski definition) is 6. The molecule has 0 saturated carbocycles. The summed E-state index contributed by atoms with van der Waals surface area (Å²) in [6, 6.07) is 5.84. The van der Waals surface area contributed by atoms with E-state index in [0.717, 1.165) is 32.5 Å². The number of nitrogens with zero attached hydrogens (tertiary/aromatic N) is 6. The Kier molecular flexibility index (Phi) is 5.21. The summed E-state index contributed by atoms with van der Waals surface area (Å²) in [4.78, 5) is 25.7. The lowest BCUT2D eigenvalue weighted by Gasteiger charge is -2.35. The number of rotatable bonds is 5. The van der Waals surface area contributed by atoms with Gasteiger partial charge in [0.2, 0.25) is 5.89 Å². The van der Waals surface area contributed by atoms with Crippen molar-refractivity contribution in [2.45, 2.75) is 25.8 Å². The van der Waals surface area contributed by atoms with Crippen LogP contribution in [-0.4, -0.2) is 68.2 Å². The van der Waals surface area contributed by atoms with Gasteiger partial charge in [0.25, 0.3) is 5.91 Å². The van der Waals surface area contributed by atoms with Gasteiger partial charge in [-0.25, -0.2) is 14.6 Å². The number of piperidine rings is 1. The highest BCUT2D eigenvalue weighted by Crippen LogP contribution is 2.21.